The van der Waals surface area contributed by atoms with Crippen molar-refractivity contribution in [3.63, 3.8) is 0 Å². The van der Waals surface area contributed by atoms with E-state index in [0.29, 0.717) is 47.6 Å². The fourth-order valence-corrected chi connectivity index (χ4v) is 9.20. The van der Waals surface area contributed by atoms with Crippen molar-refractivity contribution >= 4 is 17.3 Å². The van der Waals surface area contributed by atoms with Gasteiger partial charge in [-0.3, -0.25) is 14.9 Å². The third-order valence-electron chi connectivity index (χ3n) is 11.7. The van der Waals surface area contributed by atoms with Crippen LogP contribution in [0, 0.1) is 39.2 Å². The third kappa shape index (κ3) is 9.96. The highest BCUT2D eigenvalue weighted by Gasteiger charge is 2.65. The smallest absolute Gasteiger partial charge is 0.273 e. The molecule has 2 aliphatic carbocycles. The molecular weight excluding hydrogens is 785 g/mol. The first-order chi connectivity index (χ1) is 29.7. The number of rotatable bonds is 22. The van der Waals surface area contributed by atoms with Crippen molar-refractivity contribution in [2.45, 2.75) is 62.7 Å². The van der Waals surface area contributed by atoms with Crippen molar-refractivity contribution in [3.05, 3.63) is 118 Å². The summed E-state index contributed by atoms with van der Waals surface area (Å²) < 4.78 is 26.3. The van der Waals surface area contributed by atoms with Gasteiger partial charge in [0.25, 0.3) is 11.6 Å². The van der Waals surface area contributed by atoms with Crippen LogP contribution in [-0.4, -0.2) is 102 Å². The molecule has 0 spiro atoms. The summed E-state index contributed by atoms with van der Waals surface area (Å²) in [5.41, 5.74) is 2.88. The number of hydrogen-bond donors (Lipinski definition) is 3. The Labute approximate surface area is 355 Å². The van der Waals surface area contributed by atoms with Gasteiger partial charge in [0.15, 0.2) is 0 Å². The molecular formula is C46H54N4O11. The Morgan fingerprint density at radius 1 is 1.03 bits per heavy atom. The van der Waals surface area contributed by atoms with Gasteiger partial charge >= 0.3 is 0 Å². The van der Waals surface area contributed by atoms with Crippen LogP contribution in [0.4, 0.5) is 5.69 Å². The molecule has 6 atom stereocenters. The van der Waals surface area contributed by atoms with Crippen molar-refractivity contribution in [1.82, 2.24) is 4.90 Å². The number of carbonyl (C=O) groups is 1. The molecule has 61 heavy (non-hydrogen) atoms. The van der Waals surface area contributed by atoms with Gasteiger partial charge in [-0.2, -0.15) is 5.26 Å². The van der Waals surface area contributed by atoms with E-state index >= 15 is 0 Å². The first-order valence-corrected chi connectivity index (χ1v) is 20.8. The highest BCUT2D eigenvalue weighted by atomic mass is 16.7. The lowest BCUT2D eigenvalue weighted by Crippen LogP contribution is -2.70. The fourth-order valence-electron chi connectivity index (χ4n) is 9.20. The minimum atomic E-state index is -1.54. The maximum atomic E-state index is 14.9. The summed E-state index contributed by atoms with van der Waals surface area (Å²) in [5, 5.41) is 55.0. The second-order valence-corrected chi connectivity index (χ2v) is 15.3. The van der Waals surface area contributed by atoms with E-state index in [1.807, 2.05) is 6.07 Å². The van der Waals surface area contributed by atoms with Crippen LogP contribution in [0.3, 0.4) is 0 Å². The quantitative estimate of drug-likeness (QED) is 0.0420. The minimum Gasteiger partial charge on any atom is -0.459 e. The normalized spacial score (nSPS) is 23.1. The summed E-state index contributed by atoms with van der Waals surface area (Å²) in [5.74, 6) is -1.69. The van der Waals surface area contributed by atoms with E-state index in [4.69, 9.17) is 23.8 Å². The number of fused-ring (bicyclic) bond motifs is 2. The lowest BCUT2D eigenvalue weighted by molar-refractivity contribution is -0.384. The zero-order valence-corrected chi connectivity index (χ0v) is 34.4. The monoisotopic (exact) mass is 838 g/mol. The van der Waals surface area contributed by atoms with E-state index in [2.05, 4.69) is 23.9 Å². The summed E-state index contributed by atoms with van der Waals surface area (Å²) in [7, 11) is 1.47. The molecule has 0 unspecified atom stereocenters. The van der Waals surface area contributed by atoms with Gasteiger partial charge in [0.1, 0.15) is 30.4 Å². The van der Waals surface area contributed by atoms with Crippen molar-refractivity contribution in [2.24, 2.45) is 22.9 Å². The van der Waals surface area contributed by atoms with Gasteiger partial charge in [0, 0.05) is 49.3 Å². The largest absolute Gasteiger partial charge is 0.459 e. The number of benzene rings is 3. The second kappa shape index (κ2) is 21.2. The number of aliphatic hydroxyl groups excluding tert-OH is 3. The first-order valence-electron chi connectivity index (χ1n) is 20.8. The molecule has 15 heteroatoms. The second-order valence-electron chi connectivity index (χ2n) is 15.3. The third-order valence-corrected chi connectivity index (χ3v) is 11.7. The molecule has 1 aliphatic heterocycles. The number of ether oxygens (including phenoxy) is 4. The Kier molecular flexibility index (Phi) is 15.6. The highest BCUT2D eigenvalue weighted by Crippen LogP contribution is 2.62. The van der Waals surface area contributed by atoms with Gasteiger partial charge in [0.2, 0.25) is 5.79 Å². The van der Waals surface area contributed by atoms with E-state index in [1.54, 1.807) is 59.5 Å². The molecule has 0 bridgehead atoms. The van der Waals surface area contributed by atoms with Crippen LogP contribution < -0.4 is 9.47 Å². The van der Waals surface area contributed by atoms with E-state index in [9.17, 15) is 35.5 Å². The number of amides is 1. The topological polar surface area (TPSA) is 206 Å². The van der Waals surface area contributed by atoms with Gasteiger partial charge < -0.3 is 44.0 Å². The summed E-state index contributed by atoms with van der Waals surface area (Å²) in [6.45, 7) is 4.14. The maximum Gasteiger partial charge on any atom is 0.273 e. The zero-order chi connectivity index (χ0) is 43.4. The number of aliphatic hydroxyl groups is 3. The molecule has 0 aromatic heterocycles. The number of nitro groups is 1. The number of hydrogen-bond acceptors (Lipinski definition) is 13. The van der Waals surface area contributed by atoms with Gasteiger partial charge in [-0.15, -0.1) is 6.58 Å². The SMILES string of the molecule is C=CCO[C@@]12Oc3ccc(Oc4cccc([N+](=O)[O-])c4)cc3[C@H]3[C@H](CCCCO)[C@@H](CCCCO)C=C(C(=NOC)C[C@@H]1N(CCOCCO)C(=O)c1ccc(C#N)cc1)[C@H]32. The minimum absolute atomic E-state index is 0.00670. The lowest BCUT2D eigenvalue weighted by Gasteiger charge is -2.60. The van der Waals surface area contributed by atoms with Crippen LogP contribution in [0.2, 0.25) is 0 Å². The number of unbranched alkanes of at least 4 members (excludes halogenated alkanes) is 2. The standard InChI is InChI=1S/C46H54N4O11/c1-3-23-59-46-42(49(19-24-58-25-22-53)45(54)32-15-13-31(30-47)14-16-32)29-40(48-57-2)38-26-33(9-4-6-20-51)37(12-5-7-21-52)43(44(38)46)39-28-36(17-18-41(39)61-46)60-35-11-8-10-34(27-35)50(55)56/h3,8,10-11,13-18,26-28,33,37,42-44,51-53H,1,4-7,9,12,19-25,29H2,2H3/t33-,37+,42-,43+,44+,46+/m0/s1. The van der Waals surface area contributed by atoms with Crippen LogP contribution in [-0.2, 0) is 14.3 Å². The molecule has 0 saturated heterocycles. The van der Waals surface area contributed by atoms with Crippen LogP contribution in [0.15, 0.2) is 96.2 Å². The van der Waals surface area contributed by atoms with Crippen molar-refractivity contribution in [2.75, 3.05) is 53.3 Å². The molecule has 6 rings (SSSR count). The molecule has 0 radical (unpaired) electrons. The lowest BCUT2D eigenvalue weighted by atomic mass is 9.55. The Bertz CT molecular complexity index is 2100. The molecule has 1 fully saturated rings. The maximum absolute atomic E-state index is 14.9. The predicted octanol–water partition coefficient (Wildman–Crippen LogP) is 6.67. The Morgan fingerprint density at radius 3 is 2.48 bits per heavy atom. The number of non-ortho nitro benzene ring substituents is 1. The number of carbonyl (C=O) groups excluding carboxylic acids is 1. The molecule has 324 valence electrons. The number of nitro benzene ring substituents is 1. The Morgan fingerprint density at radius 2 is 1.79 bits per heavy atom. The molecule has 3 aliphatic rings. The summed E-state index contributed by atoms with van der Waals surface area (Å²) in [6.07, 6.45) is 8.19. The Balaban J connectivity index is 1.58. The van der Waals surface area contributed by atoms with Crippen LogP contribution in [0.25, 0.3) is 0 Å². The van der Waals surface area contributed by atoms with E-state index < -0.39 is 22.7 Å². The molecule has 3 aromatic rings. The van der Waals surface area contributed by atoms with Crippen LogP contribution in [0.5, 0.6) is 17.2 Å². The van der Waals surface area contributed by atoms with Gasteiger partial charge in [-0.1, -0.05) is 36.2 Å². The van der Waals surface area contributed by atoms with Crippen molar-refractivity contribution in [1.29, 1.82) is 5.26 Å². The molecule has 1 heterocycles. The number of nitrogens with zero attached hydrogens (tertiary/aromatic N) is 4. The molecule has 3 aromatic carbocycles. The van der Waals surface area contributed by atoms with Crippen LogP contribution in [0.1, 0.15) is 72.3 Å². The number of nitriles is 1. The van der Waals surface area contributed by atoms with E-state index in [1.165, 1.54) is 19.2 Å². The molecule has 15 nitrogen and oxygen atoms in total. The fraction of sp³-hybridized carbons (Fsp3) is 0.457. The van der Waals surface area contributed by atoms with Gasteiger partial charge in [0.05, 0.1) is 60.7 Å². The average molecular weight is 839 g/mol. The van der Waals surface area contributed by atoms with Crippen LogP contribution >= 0.6 is 0 Å². The molecule has 1 saturated carbocycles. The number of oxime groups is 1. The van der Waals surface area contributed by atoms with E-state index in [-0.39, 0.29) is 87.7 Å². The predicted molar refractivity (Wildman–Crippen MR) is 225 cm³/mol. The number of allylic oxidation sites excluding steroid dienone is 1. The highest BCUT2D eigenvalue weighted by molar-refractivity contribution is 6.03. The Hall–Kier alpha value is -5.63. The summed E-state index contributed by atoms with van der Waals surface area (Å²) in [4.78, 5) is 33.2. The molecule has 1 amide bonds. The van der Waals surface area contributed by atoms with E-state index in [0.717, 1.165) is 30.4 Å². The van der Waals surface area contributed by atoms with Crippen molar-refractivity contribution < 1.29 is 48.8 Å². The first kappa shape index (κ1) is 44.9. The summed E-state index contributed by atoms with van der Waals surface area (Å²) in [6, 6.07) is 19.1. The van der Waals surface area contributed by atoms with Gasteiger partial charge in [-0.05, 0) is 91.6 Å². The van der Waals surface area contributed by atoms with Crippen molar-refractivity contribution in [3.8, 4) is 23.3 Å². The molecule has 3 N–H and O–H groups in total. The zero-order valence-electron chi connectivity index (χ0n) is 34.4. The summed E-state index contributed by atoms with van der Waals surface area (Å²) >= 11 is 0. The average Bonchev–Trinajstić information content (AvgIpc) is 3.27. The van der Waals surface area contributed by atoms with Gasteiger partial charge in [-0.25, -0.2) is 0 Å².